The van der Waals surface area contributed by atoms with Gasteiger partial charge in [-0.2, -0.15) is 0 Å². The molecule has 0 spiro atoms. The number of aliphatic hydroxyl groups excluding tert-OH is 1. The van der Waals surface area contributed by atoms with E-state index in [0.717, 1.165) is 4.90 Å². The molecule has 0 aromatic carbocycles. The number of likely N-dealkylation sites (tertiary alicyclic amines) is 1. The zero-order valence-corrected chi connectivity index (χ0v) is 15.1. The standard InChI is InChI=1S/C16H24N6O6/c17-5-13(24)20-10(4-9-6-18-8-19-9)14(25)21-11(7-23)15(26)22-3-1-2-12(22)16(27)28/h6,8,10-12,23H,1-5,7,17H2,(H,18,19)(H,20,24)(H,21,25)(H,27,28). The smallest absolute Gasteiger partial charge is 0.326 e. The Morgan fingerprint density at radius 1 is 1.32 bits per heavy atom. The van der Waals surface area contributed by atoms with E-state index in [1.54, 1.807) is 0 Å². The van der Waals surface area contributed by atoms with Crippen LogP contribution in [-0.2, 0) is 25.6 Å². The van der Waals surface area contributed by atoms with E-state index in [1.807, 2.05) is 0 Å². The van der Waals surface area contributed by atoms with Gasteiger partial charge in [-0.05, 0) is 12.8 Å². The summed E-state index contributed by atoms with van der Waals surface area (Å²) in [6.45, 7) is -0.818. The van der Waals surface area contributed by atoms with E-state index in [1.165, 1.54) is 12.5 Å². The number of imidazole rings is 1. The summed E-state index contributed by atoms with van der Waals surface area (Å²) in [5.41, 5.74) is 5.84. The maximum Gasteiger partial charge on any atom is 0.326 e. The maximum absolute atomic E-state index is 12.6. The number of amides is 3. The molecule has 3 amide bonds. The number of aromatic amines is 1. The average Bonchev–Trinajstić information content (AvgIpc) is 3.36. The first-order valence-electron chi connectivity index (χ1n) is 8.78. The first-order valence-corrected chi connectivity index (χ1v) is 8.78. The van der Waals surface area contributed by atoms with Crippen molar-refractivity contribution in [2.45, 2.75) is 37.4 Å². The van der Waals surface area contributed by atoms with E-state index in [9.17, 15) is 29.4 Å². The van der Waals surface area contributed by atoms with E-state index in [2.05, 4.69) is 20.6 Å². The van der Waals surface area contributed by atoms with Gasteiger partial charge in [0, 0.05) is 24.9 Å². The highest BCUT2D eigenvalue weighted by Crippen LogP contribution is 2.18. The van der Waals surface area contributed by atoms with Crippen molar-refractivity contribution >= 4 is 23.7 Å². The second-order valence-corrected chi connectivity index (χ2v) is 6.38. The Labute approximate surface area is 160 Å². The summed E-state index contributed by atoms with van der Waals surface area (Å²) in [4.78, 5) is 55.9. The Kier molecular flexibility index (Phi) is 7.46. The van der Waals surface area contributed by atoms with Gasteiger partial charge < -0.3 is 36.5 Å². The number of hydrogen-bond acceptors (Lipinski definition) is 7. The fourth-order valence-corrected chi connectivity index (χ4v) is 3.02. The van der Waals surface area contributed by atoms with Crippen molar-refractivity contribution in [1.82, 2.24) is 25.5 Å². The number of nitrogens with two attached hydrogens (primary N) is 1. The first kappa shape index (κ1) is 21.3. The van der Waals surface area contributed by atoms with Crippen LogP contribution in [0.3, 0.4) is 0 Å². The number of carboxylic acid groups (broad SMARTS) is 1. The molecule has 7 N–H and O–H groups in total. The number of aliphatic hydroxyl groups is 1. The second-order valence-electron chi connectivity index (χ2n) is 6.38. The third-order valence-electron chi connectivity index (χ3n) is 4.43. The van der Waals surface area contributed by atoms with Gasteiger partial charge in [0.15, 0.2) is 0 Å². The summed E-state index contributed by atoms with van der Waals surface area (Å²) in [7, 11) is 0. The molecule has 12 heteroatoms. The fourth-order valence-electron chi connectivity index (χ4n) is 3.02. The van der Waals surface area contributed by atoms with Crippen molar-refractivity contribution in [3.05, 3.63) is 18.2 Å². The van der Waals surface area contributed by atoms with Gasteiger partial charge in [-0.25, -0.2) is 9.78 Å². The second kappa shape index (κ2) is 9.80. The lowest BCUT2D eigenvalue weighted by Gasteiger charge is -2.27. The van der Waals surface area contributed by atoms with Crippen LogP contribution in [0.5, 0.6) is 0 Å². The molecule has 0 aliphatic carbocycles. The summed E-state index contributed by atoms with van der Waals surface area (Å²) in [6.07, 6.45) is 3.77. The predicted octanol–water partition coefficient (Wildman–Crippen LogP) is -3.05. The van der Waals surface area contributed by atoms with Crippen LogP contribution < -0.4 is 16.4 Å². The Hall–Kier alpha value is -2.99. The number of aromatic nitrogens is 2. The van der Waals surface area contributed by atoms with E-state index < -0.39 is 48.4 Å². The summed E-state index contributed by atoms with van der Waals surface area (Å²) >= 11 is 0. The van der Waals surface area contributed by atoms with Crippen molar-refractivity contribution < 1.29 is 29.4 Å². The molecule has 1 aromatic rings. The van der Waals surface area contributed by atoms with Crippen molar-refractivity contribution in [2.75, 3.05) is 19.7 Å². The average molecular weight is 396 g/mol. The van der Waals surface area contributed by atoms with Gasteiger partial charge in [0.2, 0.25) is 17.7 Å². The Morgan fingerprint density at radius 3 is 2.64 bits per heavy atom. The normalized spacial score (nSPS) is 18.4. The zero-order chi connectivity index (χ0) is 20.7. The van der Waals surface area contributed by atoms with Gasteiger partial charge in [-0.3, -0.25) is 14.4 Å². The third kappa shape index (κ3) is 5.27. The molecular formula is C16H24N6O6. The molecule has 0 bridgehead atoms. The molecule has 154 valence electrons. The molecule has 1 saturated heterocycles. The van der Waals surface area contributed by atoms with Gasteiger partial charge >= 0.3 is 5.97 Å². The highest BCUT2D eigenvalue weighted by molar-refractivity contribution is 5.94. The Balaban J connectivity index is 2.08. The molecule has 2 rings (SSSR count). The molecule has 3 atom stereocenters. The molecule has 1 aromatic heterocycles. The molecule has 12 nitrogen and oxygen atoms in total. The number of nitrogens with one attached hydrogen (secondary N) is 3. The van der Waals surface area contributed by atoms with Gasteiger partial charge in [0.05, 0.1) is 19.5 Å². The Bertz CT molecular complexity index is 708. The number of hydrogen-bond donors (Lipinski definition) is 6. The topological polar surface area (TPSA) is 191 Å². The lowest BCUT2D eigenvalue weighted by Crippen LogP contribution is -2.57. The van der Waals surface area contributed by atoms with Crippen LogP contribution in [0.25, 0.3) is 0 Å². The lowest BCUT2D eigenvalue weighted by molar-refractivity contribution is -0.150. The van der Waals surface area contributed by atoms with E-state index in [-0.39, 0.29) is 19.5 Å². The molecular weight excluding hydrogens is 372 g/mol. The molecule has 1 aliphatic rings. The summed E-state index contributed by atoms with van der Waals surface area (Å²) in [6, 6.07) is -3.38. The number of carboxylic acids is 1. The lowest BCUT2D eigenvalue weighted by atomic mass is 10.1. The largest absolute Gasteiger partial charge is 0.480 e. The number of aliphatic carboxylic acids is 1. The third-order valence-corrected chi connectivity index (χ3v) is 4.43. The minimum atomic E-state index is -1.33. The van der Waals surface area contributed by atoms with Crippen molar-refractivity contribution in [3.8, 4) is 0 Å². The molecule has 1 aliphatic heterocycles. The highest BCUT2D eigenvalue weighted by Gasteiger charge is 2.38. The van der Waals surface area contributed by atoms with Gasteiger partial charge in [0.25, 0.3) is 0 Å². The van der Waals surface area contributed by atoms with Crippen LogP contribution in [0.4, 0.5) is 0 Å². The van der Waals surface area contributed by atoms with Crippen molar-refractivity contribution in [3.63, 3.8) is 0 Å². The number of carbonyl (C=O) groups is 4. The molecule has 0 saturated carbocycles. The van der Waals surface area contributed by atoms with Gasteiger partial charge in [-0.1, -0.05) is 0 Å². The summed E-state index contributed by atoms with van der Waals surface area (Å²) in [5.74, 6) is -3.11. The minimum Gasteiger partial charge on any atom is -0.480 e. The Morgan fingerprint density at radius 2 is 2.07 bits per heavy atom. The molecule has 1 fully saturated rings. The van der Waals surface area contributed by atoms with Crippen LogP contribution in [0.1, 0.15) is 18.5 Å². The van der Waals surface area contributed by atoms with Crippen LogP contribution >= 0.6 is 0 Å². The molecule has 2 heterocycles. The number of rotatable bonds is 9. The highest BCUT2D eigenvalue weighted by atomic mass is 16.4. The number of nitrogens with zero attached hydrogens (tertiary/aromatic N) is 2. The fraction of sp³-hybridized carbons (Fsp3) is 0.562. The van der Waals surface area contributed by atoms with Crippen LogP contribution in [0, 0.1) is 0 Å². The summed E-state index contributed by atoms with van der Waals surface area (Å²) in [5, 5.41) is 23.6. The predicted molar refractivity (Wildman–Crippen MR) is 94.7 cm³/mol. The quantitative estimate of drug-likeness (QED) is 0.253. The van der Waals surface area contributed by atoms with Crippen molar-refractivity contribution in [1.29, 1.82) is 0 Å². The van der Waals surface area contributed by atoms with Crippen LogP contribution in [0.15, 0.2) is 12.5 Å². The zero-order valence-electron chi connectivity index (χ0n) is 15.1. The van der Waals surface area contributed by atoms with E-state index in [0.29, 0.717) is 18.5 Å². The van der Waals surface area contributed by atoms with Crippen molar-refractivity contribution in [2.24, 2.45) is 5.73 Å². The van der Waals surface area contributed by atoms with Crippen LogP contribution in [0.2, 0.25) is 0 Å². The SMILES string of the molecule is NCC(=O)NC(Cc1cnc[nH]1)C(=O)NC(CO)C(=O)N1CCCC1C(=O)O. The first-order chi connectivity index (χ1) is 13.4. The number of H-pyrrole nitrogens is 1. The van der Waals surface area contributed by atoms with Gasteiger partial charge in [0.1, 0.15) is 18.1 Å². The molecule has 3 unspecified atom stereocenters. The summed E-state index contributed by atoms with van der Waals surface area (Å²) < 4.78 is 0. The maximum atomic E-state index is 12.6. The minimum absolute atomic E-state index is 0.0609. The monoisotopic (exact) mass is 396 g/mol. The van der Waals surface area contributed by atoms with Gasteiger partial charge in [-0.15, -0.1) is 0 Å². The van der Waals surface area contributed by atoms with E-state index >= 15 is 0 Å². The van der Waals surface area contributed by atoms with E-state index in [4.69, 9.17) is 5.73 Å². The van der Waals surface area contributed by atoms with Crippen LogP contribution in [-0.4, -0.2) is 86.6 Å². The molecule has 0 radical (unpaired) electrons. The number of carbonyl (C=O) groups excluding carboxylic acids is 3. The molecule has 28 heavy (non-hydrogen) atoms.